The second-order valence-corrected chi connectivity index (χ2v) is 10.2. The highest BCUT2D eigenvalue weighted by Gasteiger charge is 2.24. The van der Waals surface area contributed by atoms with Crippen molar-refractivity contribution in [2.75, 3.05) is 0 Å². The summed E-state index contributed by atoms with van der Waals surface area (Å²) in [7, 11) is -4.05. The van der Waals surface area contributed by atoms with E-state index < -0.39 is 21.5 Å². The molecule has 0 radical (unpaired) electrons. The first kappa shape index (κ1) is 27.9. The van der Waals surface area contributed by atoms with Crippen molar-refractivity contribution >= 4 is 10.1 Å². The van der Waals surface area contributed by atoms with E-state index >= 15 is 0 Å². The van der Waals surface area contributed by atoms with Gasteiger partial charge in [0.25, 0.3) is 10.1 Å². The summed E-state index contributed by atoms with van der Waals surface area (Å²) in [5, 5.41) is 8.84. The van der Waals surface area contributed by atoms with E-state index in [2.05, 4.69) is 6.92 Å². The molecular formula is C23H48O4S. The van der Waals surface area contributed by atoms with Crippen LogP contribution in [0.15, 0.2) is 0 Å². The summed E-state index contributed by atoms with van der Waals surface area (Å²) in [5.41, 5.74) is 0. The molecule has 0 fully saturated rings. The number of aliphatic hydroxyl groups is 1. The lowest BCUT2D eigenvalue weighted by atomic mass is 10.0. The lowest BCUT2D eigenvalue weighted by Gasteiger charge is -2.16. The second-order valence-electron chi connectivity index (χ2n) is 8.53. The normalized spacial score (nSPS) is 14.3. The maximum atomic E-state index is 11.4. The first-order chi connectivity index (χ1) is 13.4. The average Bonchev–Trinajstić information content (AvgIpc) is 2.65. The Labute approximate surface area is 175 Å². The van der Waals surface area contributed by atoms with Crippen molar-refractivity contribution in [1.82, 2.24) is 0 Å². The average molecular weight is 421 g/mol. The van der Waals surface area contributed by atoms with Crippen LogP contribution in [0.2, 0.25) is 0 Å². The quantitative estimate of drug-likeness (QED) is 0.154. The molecule has 0 aromatic carbocycles. The van der Waals surface area contributed by atoms with Gasteiger partial charge in [0.1, 0.15) is 0 Å². The highest BCUT2D eigenvalue weighted by Crippen LogP contribution is 2.19. The van der Waals surface area contributed by atoms with Crippen molar-refractivity contribution in [1.29, 1.82) is 0 Å². The lowest BCUT2D eigenvalue weighted by molar-refractivity contribution is 0.156. The maximum absolute atomic E-state index is 11.4. The number of hydrogen-bond acceptors (Lipinski definition) is 3. The Morgan fingerprint density at radius 3 is 1.32 bits per heavy atom. The topological polar surface area (TPSA) is 74.6 Å². The van der Waals surface area contributed by atoms with Gasteiger partial charge in [-0.05, 0) is 19.3 Å². The smallest absolute Gasteiger partial charge is 0.267 e. The first-order valence-corrected chi connectivity index (χ1v) is 13.6. The Kier molecular flexibility index (Phi) is 18.8. The zero-order valence-electron chi connectivity index (χ0n) is 18.7. The molecule has 4 nitrogen and oxygen atoms in total. The van der Waals surface area contributed by atoms with Gasteiger partial charge in [-0.1, -0.05) is 117 Å². The fourth-order valence-electron chi connectivity index (χ4n) is 3.78. The van der Waals surface area contributed by atoms with Gasteiger partial charge in [-0.2, -0.15) is 8.42 Å². The third-order valence-electron chi connectivity index (χ3n) is 5.81. The molecule has 170 valence electrons. The van der Waals surface area contributed by atoms with Gasteiger partial charge in [0.2, 0.25) is 0 Å². The molecule has 0 amide bonds. The Morgan fingerprint density at radius 1 is 0.643 bits per heavy atom. The third-order valence-corrected chi connectivity index (χ3v) is 7.08. The van der Waals surface area contributed by atoms with E-state index in [-0.39, 0.29) is 6.42 Å². The van der Waals surface area contributed by atoms with Crippen LogP contribution >= 0.6 is 0 Å². The molecule has 2 atom stereocenters. The predicted octanol–water partition coefficient (Wildman–Crippen LogP) is 7.06. The summed E-state index contributed by atoms with van der Waals surface area (Å²) in [5.74, 6) is 0. The summed E-state index contributed by atoms with van der Waals surface area (Å²) in [6.07, 6.45) is 21.1. The third kappa shape index (κ3) is 17.9. The summed E-state index contributed by atoms with van der Waals surface area (Å²) in [6.45, 7) is 4.08. The van der Waals surface area contributed by atoms with E-state index in [0.29, 0.717) is 12.8 Å². The van der Waals surface area contributed by atoms with Crippen molar-refractivity contribution in [2.45, 2.75) is 147 Å². The van der Waals surface area contributed by atoms with Gasteiger partial charge in [0.05, 0.1) is 11.4 Å². The molecule has 0 spiro atoms. The van der Waals surface area contributed by atoms with Crippen LogP contribution in [-0.2, 0) is 10.1 Å². The molecular weight excluding hydrogens is 372 g/mol. The Bertz CT molecular complexity index is 422. The predicted molar refractivity (Wildman–Crippen MR) is 120 cm³/mol. The van der Waals surface area contributed by atoms with E-state index in [9.17, 15) is 18.1 Å². The fraction of sp³-hybridized carbons (Fsp3) is 1.00. The van der Waals surface area contributed by atoms with Crippen molar-refractivity contribution in [3.63, 3.8) is 0 Å². The number of aliphatic hydroxyl groups excluding tert-OH is 1. The van der Waals surface area contributed by atoms with Crippen LogP contribution in [0, 0.1) is 0 Å². The van der Waals surface area contributed by atoms with E-state index in [1.165, 1.54) is 83.5 Å². The van der Waals surface area contributed by atoms with Crippen LogP contribution in [0.1, 0.15) is 136 Å². The molecule has 5 heteroatoms. The Balaban J connectivity index is 3.44. The van der Waals surface area contributed by atoms with Crippen molar-refractivity contribution < 1.29 is 18.1 Å². The highest BCUT2D eigenvalue weighted by molar-refractivity contribution is 7.86. The monoisotopic (exact) mass is 420 g/mol. The molecule has 0 aliphatic heterocycles. The van der Waals surface area contributed by atoms with Gasteiger partial charge in [-0.25, -0.2) is 0 Å². The van der Waals surface area contributed by atoms with E-state index in [4.69, 9.17) is 0 Å². The molecule has 0 saturated carbocycles. The van der Waals surface area contributed by atoms with Crippen molar-refractivity contribution in [3.8, 4) is 0 Å². The van der Waals surface area contributed by atoms with Crippen LogP contribution in [0.4, 0.5) is 0 Å². The molecule has 28 heavy (non-hydrogen) atoms. The zero-order valence-corrected chi connectivity index (χ0v) is 19.5. The Morgan fingerprint density at radius 2 is 1.00 bits per heavy atom. The number of rotatable bonds is 21. The molecule has 0 aromatic heterocycles. The maximum Gasteiger partial charge on any atom is 0.267 e. The molecule has 2 N–H and O–H groups in total. The minimum Gasteiger partial charge on any atom is -0.393 e. The Hall–Kier alpha value is -0.130. The molecule has 0 saturated heterocycles. The molecule has 0 rings (SSSR count). The van der Waals surface area contributed by atoms with Crippen molar-refractivity contribution in [2.24, 2.45) is 0 Å². The summed E-state index contributed by atoms with van der Waals surface area (Å²) >= 11 is 0. The standard InChI is InChI=1S/C23H48O4S/c1-3-5-6-7-8-9-10-11-12-13-14-15-16-17-18-19-20-23(28(25,26)27)21-22(24)4-2/h22-24H,3-21H2,1-2H3,(H,25,26,27). The van der Waals surface area contributed by atoms with Gasteiger partial charge >= 0.3 is 0 Å². The van der Waals surface area contributed by atoms with Gasteiger partial charge in [0.15, 0.2) is 0 Å². The van der Waals surface area contributed by atoms with Crippen LogP contribution in [0.3, 0.4) is 0 Å². The number of unbranched alkanes of at least 4 members (excludes halogenated alkanes) is 15. The van der Waals surface area contributed by atoms with Gasteiger partial charge in [-0.15, -0.1) is 0 Å². The van der Waals surface area contributed by atoms with E-state index in [1.807, 2.05) is 6.92 Å². The molecule has 0 aromatic rings. The molecule has 0 heterocycles. The minimum atomic E-state index is -4.05. The van der Waals surface area contributed by atoms with Gasteiger partial charge in [-0.3, -0.25) is 4.55 Å². The van der Waals surface area contributed by atoms with E-state index in [0.717, 1.165) is 19.3 Å². The lowest BCUT2D eigenvalue weighted by Crippen LogP contribution is -2.25. The highest BCUT2D eigenvalue weighted by atomic mass is 32.2. The van der Waals surface area contributed by atoms with Crippen LogP contribution in [0.25, 0.3) is 0 Å². The SMILES string of the molecule is CCCCCCCCCCCCCCCCCCC(CC(O)CC)S(=O)(=O)O. The first-order valence-electron chi connectivity index (χ1n) is 12.1. The largest absolute Gasteiger partial charge is 0.393 e. The van der Waals surface area contributed by atoms with Crippen LogP contribution in [-0.4, -0.2) is 29.4 Å². The second kappa shape index (κ2) is 18.9. The number of hydrogen-bond donors (Lipinski definition) is 2. The van der Waals surface area contributed by atoms with Gasteiger partial charge in [0, 0.05) is 0 Å². The molecule has 2 unspecified atom stereocenters. The summed E-state index contributed by atoms with van der Waals surface area (Å²) in [6, 6.07) is 0. The molecule has 0 bridgehead atoms. The van der Waals surface area contributed by atoms with Gasteiger partial charge < -0.3 is 5.11 Å². The van der Waals surface area contributed by atoms with E-state index in [1.54, 1.807) is 0 Å². The molecule has 0 aliphatic carbocycles. The summed E-state index contributed by atoms with van der Waals surface area (Å²) < 4.78 is 32.1. The molecule has 0 aliphatic rings. The van der Waals surface area contributed by atoms with Crippen LogP contribution in [0.5, 0.6) is 0 Å². The van der Waals surface area contributed by atoms with Crippen LogP contribution < -0.4 is 0 Å². The zero-order chi connectivity index (χ0) is 21.1. The minimum absolute atomic E-state index is 0.147. The fourth-order valence-corrected chi connectivity index (χ4v) is 4.71. The summed E-state index contributed by atoms with van der Waals surface area (Å²) in [4.78, 5) is 0. The van der Waals surface area contributed by atoms with Crippen molar-refractivity contribution in [3.05, 3.63) is 0 Å².